The molecule has 0 saturated carbocycles. The molecular formula is C18H22Cl2O2Zr. The minimum atomic E-state index is -0.826. The van der Waals surface area contributed by atoms with Gasteiger partial charge in [0.2, 0.25) is 0 Å². The molecule has 0 aliphatic heterocycles. The van der Waals surface area contributed by atoms with Gasteiger partial charge in [-0.3, -0.25) is 0 Å². The summed E-state index contributed by atoms with van der Waals surface area (Å²) in [5.74, 6) is 0.344. The molecule has 0 saturated heterocycles. The van der Waals surface area contributed by atoms with E-state index >= 15 is 0 Å². The Morgan fingerprint density at radius 2 is 0.783 bits per heavy atom. The molecule has 0 heterocycles. The summed E-state index contributed by atoms with van der Waals surface area (Å²) in [4.78, 5) is 0. The Morgan fingerprint density at radius 1 is 0.609 bits per heavy atom. The van der Waals surface area contributed by atoms with Crippen LogP contribution in [0.1, 0.15) is 33.4 Å². The standard InChI is InChI=1S/2C9H12O.2ClH.Zr/c2*1-6-4-7(2)9(10)8(3)5-6;;;/h2*4-5,10H,1-3H3;2*1H;/q;;;;+4/p-4. The SMILES string of the molecule is Cc1cc(C)c([O-])c(C)c1.Cc1cc(C)c([O-])c(C)c1.[Cl][Zr+2][Cl]. The zero-order valence-electron chi connectivity index (χ0n) is 14.4. The van der Waals surface area contributed by atoms with Gasteiger partial charge in [-0.15, -0.1) is 11.5 Å². The molecule has 2 aromatic carbocycles. The Morgan fingerprint density at radius 3 is 0.957 bits per heavy atom. The Labute approximate surface area is 158 Å². The van der Waals surface area contributed by atoms with Crippen LogP contribution in [0.5, 0.6) is 11.5 Å². The van der Waals surface area contributed by atoms with E-state index in [1.54, 1.807) is 0 Å². The molecule has 0 aliphatic carbocycles. The molecule has 0 aliphatic rings. The summed E-state index contributed by atoms with van der Waals surface area (Å²) in [6.07, 6.45) is 0. The van der Waals surface area contributed by atoms with Crippen molar-refractivity contribution in [3.63, 3.8) is 0 Å². The normalized spacial score (nSPS) is 9.04. The third-order valence-corrected chi connectivity index (χ3v) is 3.21. The average Bonchev–Trinajstić information content (AvgIpc) is 2.43. The average molecular weight is 433 g/mol. The Balaban J connectivity index is 0.000000360. The fourth-order valence-electron chi connectivity index (χ4n) is 2.33. The van der Waals surface area contributed by atoms with Crippen molar-refractivity contribution in [3.8, 4) is 11.5 Å². The van der Waals surface area contributed by atoms with Crippen molar-refractivity contribution in [2.45, 2.75) is 41.5 Å². The maximum absolute atomic E-state index is 11.1. The van der Waals surface area contributed by atoms with Crippen molar-refractivity contribution < 1.29 is 31.1 Å². The molecule has 2 aromatic rings. The molecule has 124 valence electrons. The topological polar surface area (TPSA) is 46.1 Å². The van der Waals surface area contributed by atoms with Crippen LogP contribution in [-0.2, 0) is 20.8 Å². The van der Waals surface area contributed by atoms with Gasteiger partial charge in [-0.1, -0.05) is 57.6 Å². The van der Waals surface area contributed by atoms with Crippen LogP contribution in [0.25, 0.3) is 0 Å². The zero-order valence-corrected chi connectivity index (χ0v) is 18.4. The Kier molecular flexibility index (Phi) is 10.9. The van der Waals surface area contributed by atoms with E-state index in [4.69, 9.17) is 17.0 Å². The maximum atomic E-state index is 11.1. The second-order valence-electron chi connectivity index (χ2n) is 5.53. The van der Waals surface area contributed by atoms with Gasteiger partial charge in [-0.2, -0.15) is 0 Å². The summed E-state index contributed by atoms with van der Waals surface area (Å²) in [6.45, 7) is 11.4. The van der Waals surface area contributed by atoms with E-state index in [1.165, 1.54) is 0 Å². The van der Waals surface area contributed by atoms with E-state index in [0.717, 1.165) is 33.4 Å². The first kappa shape index (κ1) is 22.5. The minimum absolute atomic E-state index is 0.172. The first-order valence-electron chi connectivity index (χ1n) is 7.10. The number of halogens is 2. The van der Waals surface area contributed by atoms with Gasteiger partial charge in [0.15, 0.2) is 0 Å². The molecule has 0 fully saturated rings. The summed E-state index contributed by atoms with van der Waals surface area (Å²) in [5, 5.41) is 22.2. The summed E-state index contributed by atoms with van der Waals surface area (Å²) in [6, 6.07) is 7.65. The van der Waals surface area contributed by atoms with E-state index in [1.807, 2.05) is 65.8 Å². The Bertz CT molecular complexity index is 541. The van der Waals surface area contributed by atoms with Gasteiger partial charge < -0.3 is 10.2 Å². The molecule has 0 amide bonds. The van der Waals surface area contributed by atoms with Gasteiger partial charge in [0.25, 0.3) is 0 Å². The predicted molar refractivity (Wildman–Crippen MR) is 91.9 cm³/mol. The van der Waals surface area contributed by atoms with Gasteiger partial charge in [-0.05, 0) is 41.5 Å². The summed E-state index contributed by atoms with van der Waals surface area (Å²) < 4.78 is 0. The fraction of sp³-hybridized carbons (Fsp3) is 0.333. The number of aryl methyl sites for hydroxylation is 6. The monoisotopic (exact) mass is 430 g/mol. The van der Waals surface area contributed by atoms with Crippen LogP contribution >= 0.6 is 17.0 Å². The first-order chi connectivity index (χ1) is 10.6. The van der Waals surface area contributed by atoms with Crippen molar-refractivity contribution in [2.75, 3.05) is 0 Å². The fourth-order valence-corrected chi connectivity index (χ4v) is 2.33. The van der Waals surface area contributed by atoms with Crippen molar-refractivity contribution >= 4 is 17.0 Å². The first-order valence-corrected chi connectivity index (χ1v) is 13.4. The molecule has 0 radical (unpaired) electrons. The third kappa shape index (κ3) is 8.24. The number of benzene rings is 2. The van der Waals surface area contributed by atoms with Crippen LogP contribution < -0.4 is 10.2 Å². The van der Waals surface area contributed by atoms with Gasteiger partial charge in [0.05, 0.1) is 0 Å². The molecule has 0 bridgehead atoms. The second kappa shape index (κ2) is 11.1. The van der Waals surface area contributed by atoms with Crippen LogP contribution in [0.15, 0.2) is 24.3 Å². The van der Waals surface area contributed by atoms with E-state index < -0.39 is 20.8 Å². The van der Waals surface area contributed by atoms with Crippen molar-refractivity contribution in [1.29, 1.82) is 0 Å². The molecule has 2 rings (SSSR count). The van der Waals surface area contributed by atoms with E-state index in [9.17, 15) is 10.2 Å². The van der Waals surface area contributed by atoms with Crippen LogP contribution in [0.2, 0.25) is 0 Å². The van der Waals surface area contributed by atoms with Gasteiger partial charge in [-0.25, -0.2) is 0 Å². The van der Waals surface area contributed by atoms with Crippen LogP contribution in [0.4, 0.5) is 0 Å². The van der Waals surface area contributed by atoms with Crippen molar-refractivity contribution in [2.24, 2.45) is 0 Å². The summed E-state index contributed by atoms with van der Waals surface area (Å²) >= 11 is -0.826. The summed E-state index contributed by atoms with van der Waals surface area (Å²) in [7, 11) is 9.87. The van der Waals surface area contributed by atoms with Crippen molar-refractivity contribution in [1.82, 2.24) is 0 Å². The molecule has 0 N–H and O–H groups in total. The van der Waals surface area contributed by atoms with Gasteiger partial charge >= 0.3 is 37.9 Å². The molecular weight excluding hydrogens is 410 g/mol. The third-order valence-electron chi connectivity index (χ3n) is 3.21. The molecule has 2 nitrogen and oxygen atoms in total. The molecule has 5 heteroatoms. The summed E-state index contributed by atoms with van der Waals surface area (Å²) in [5.41, 5.74) is 5.70. The van der Waals surface area contributed by atoms with E-state index in [-0.39, 0.29) is 11.5 Å². The van der Waals surface area contributed by atoms with E-state index in [0.29, 0.717) is 0 Å². The number of hydrogen-bond acceptors (Lipinski definition) is 2. The molecule has 0 atom stereocenters. The number of rotatable bonds is 0. The van der Waals surface area contributed by atoms with Gasteiger partial charge in [0.1, 0.15) is 0 Å². The number of hydrogen-bond donors (Lipinski definition) is 0. The van der Waals surface area contributed by atoms with Crippen molar-refractivity contribution in [3.05, 3.63) is 57.6 Å². The predicted octanol–water partition coefficient (Wildman–Crippen LogP) is 4.75. The van der Waals surface area contributed by atoms with Crippen LogP contribution in [0, 0.1) is 41.5 Å². The molecule has 0 unspecified atom stereocenters. The second-order valence-corrected chi connectivity index (χ2v) is 9.26. The van der Waals surface area contributed by atoms with Gasteiger partial charge in [0, 0.05) is 0 Å². The quantitative estimate of drug-likeness (QED) is 0.603. The van der Waals surface area contributed by atoms with Crippen LogP contribution in [0.3, 0.4) is 0 Å². The van der Waals surface area contributed by atoms with Crippen LogP contribution in [-0.4, -0.2) is 0 Å². The molecule has 0 spiro atoms. The zero-order chi connectivity index (χ0) is 18.2. The molecule has 0 aromatic heterocycles. The Hall–Kier alpha value is -0.497. The molecule has 23 heavy (non-hydrogen) atoms. The van der Waals surface area contributed by atoms with E-state index in [2.05, 4.69) is 0 Å².